The molecule has 106 valence electrons. The highest BCUT2D eigenvalue weighted by molar-refractivity contribution is 5.19. The minimum absolute atomic E-state index is 0.164. The molecule has 1 aliphatic rings. The van der Waals surface area contributed by atoms with Crippen molar-refractivity contribution >= 4 is 0 Å². The number of aliphatic hydroxyl groups is 1. The number of ether oxygens (including phenoxy) is 1. The Morgan fingerprint density at radius 3 is 2.32 bits per heavy atom. The molecule has 0 atom stereocenters. The Hall–Kier alpha value is -1.11. The largest absolute Gasteiger partial charge is 0.388 e. The molecule has 0 bridgehead atoms. The molecular formula is C13H16F3NO2. The van der Waals surface area contributed by atoms with Crippen LogP contribution < -0.4 is 5.32 Å². The highest BCUT2D eigenvalue weighted by Gasteiger charge is 2.29. The molecule has 19 heavy (non-hydrogen) atoms. The summed E-state index contributed by atoms with van der Waals surface area (Å²) in [5.41, 5.74) is -0.554. The zero-order valence-electron chi connectivity index (χ0n) is 10.4. The Morgan fingerprint density at radius 1 is 1.16 bits per heavy atom. The summed E-state index contributed by atoms with van der Waals surface area (Å²) >= 11 is 0. The summed E-state index contributed by atoms with van der Waals surface area (Å²) in [5.74, 6) is -3.88. The molecule has 0 spiro atoms. The van der Waals surface area contributed by atoms with Crippen molar-refractivity contribution < 1.29 is 23.0 Å². The molecule has 0 aliphatic carbocycles. The molecule has 0 aromatic heterocycles. The van der Waals surface area contributed by atoms with E-state index in [1.54, 1.807) is 0 Å². The molecule has 2 N–H and O–H groups in total. The highest BCUT2D eigenvalue weighted by Crippen LogP contribution is 2.19. The van der Waals surface area contributed by atoms with Crippen LogP contribution in [0.15, 0.2) is 12.1 Å². The van der Waals surface area contributed by atoms with E-state index in [2.05, 4.69) is 5.32 Å². The molecule has 1 aliphatic heterocycles. The lowest BCUT2D eigenvalue weighted by atomic mass is 9.94. The van der Waals surface area contributed by atoms with Crippen molar-refractivity contribution in [1.82, 2.24) is 5.32 Å². The van der Waals surface area contributed by atoms with Gasteiger partial charge in [0.2, 0.25) is 0 Å². The van der Waals surface area contributed by atoms with Crippen LogP contribution in [0.1, 0.15) is 18.4 Å². The quantitative estimate of drug-likeness (QED) is 0.822. The molecule has 6 heteroatoms. The van der Waals surface area contributed by atoms with Crippen LogP contribution in [-0.4, -0.2) is 30.5 Å². The van der Waals surface area contributed by atoms with Crippen LogP contribution in [0.25, 0.3) is 0 Å². The first-order valence-electron chi connectivity index (χ1n) is 6.14. The maximum Gasteiger partial charge on any atom is 0.194 e. The molecular weight excluding hydrogens is 259 g/mol. The molecule has 1 aromatic carbocycles. The second-order valence-electron chi connectivity index (χ2n) is 4.81. The summed E-state index contributed by atoms with van der Waals surface area (Å²) < 4.78 is 43.9. The minimum Gasteiger partial charge on any atom is -0.388 e. The molecule has 0 amide bonds. The summed E-state index contributed by atoms with van der Waals surface area (Å²) in [6, 6.07) is 1.89. The summed E-state index contributed by atoms with van der Waals surface area (Å²) in [4.78, 5) is 0. The van der Waals surface area contributed by atoms with E-state index in [-0.39, 0.29) is 6.54 Å². The fourth-order valence-electron chi connectivity index (χ4n) is 2.08. The van der Waals surface area contributed by atoms with Crippen molar-refractivity contribution in [2.24, 2.45) is 0 Å². The van der Waals surface area contributed by atoms with E-state index >= 15 is 0 Å². The molecule has 0 radical (unpaired) electrons. The van der Waals surface area contributed by atoms with Crippen molar-refractivity contribution in [3.63, 3.8) is 0 Å². The van der Waals surface area contributed by atoms with Gasteiger partial charge in [-0.1, -0.05) is 0 Å². The lowest BCUT2D eigenvalue weighted by Gasteiger charge is -2.32. The Labute approximate surface area is 109 Å². The van der Waals surface area contributed by atoms with Crippen LogP contribution in [-0.2, 0) is 11.3 Å². The average Bonchev–Trinajstić information content (AvgIpc) is 2.36. The van der Waals surface area contributed by atoms with Gasteiger partial charge in [-0.25, -0.2) is 13.2 Å². The van der Waals surface area contributed by atoms with Gasteiger partial charge in [0.15, 0.2) is 17.5 Å². The van der Waals surface area contributed by atoms with E-state index in [4.69, 9.17) is 4.74 Å². The van der Waals surface area contributed by atoms with Crippen LogP contribution in [0.2, 0.25) is 0 Å². The molecule has 3 nitrogen and oxygen atoms in total. The monoisotopic (exact) mass is 275 g/mol. The van der Waals surface area contributed by atoms with E-state index < -0.39 is 23.1 Å². The Balaban J connectivity index is 1.89. The fourth-order valence-corrected chi connectivity index (χ4v) is 2.08. The normalized spacial score (nSPS) is 18.5. The van der Waals surface area contributed by atoms with Crippen LogP contribution in [0.3, 0.4) is 0 Å². The Kier molecular flexibility index (Phi) is 4.44. The van der Waals surface area contributed by atoms with E-state index in [9.17, 15) is 18.3 Å². The van der Waals surface area contributed by atoms with Gasteiger partial charge >= 0.3 is 0 Å². The molecule has 0 saturated carbocycles. The highest BCUT2D eigenvalue weighted by atomic mass is 19.2. The third-order valence-electron chi connectivity index (χ3n) is 3.25. The first-order valence-corrected chi connectivity index (χ1v) is 6.14. The summed E-state index contributed by atoms with van der Waals surface area (Å²) in [6.07, 6.45) is 1.04. The van der Waals surface area contributed by atoms with Gasteiger partial charge in [-0.2, -0.15) is 0 Å². The number of benzene rings is 1. The predicted octanol–water partition coefficient (Wildman–Crippen LogP) is 1.73. The molecule has 1 aromatic rings. The maximum absolute atomic E-state index is 13.0. The molecule has 1 saturated heterocycles. The van der Waals surface area contributed by atoms with Crippen LogP contribution >= 0.6 is 0 Å². The second-order valence-corrected chi connectivity index (χ2v) is 4.81. The smallest absolute Gasteiger partial charge is 0.194 e. The van der Waals surface area contributed by atoms with E-state index in [1.165, 1.54) is 0 Å². The van der Waals surface area contributed by atoms with Gasteiger partial charge in [-0.3, -0.25) is 0 Å². The minimum atomic E-state index is -1.47. The zero-order valence-corrected chi connectivity index (χ0v) is 10.4. The van der Waals surface area contributed by atoms with Gasteiger partial charge in [0, 0.05) is 39.1 Å². The molecule has 2 rings (SSSR count). The SMILES string of the molecule is OC1(CNCc2cc(F)c(F)c(F)c2)CCOCC1. The standard InChI is InChI=1S/C13H16F3NO2/c14-10-5-9(6-11(15)12(10)16)7-17-8-13(18)1-3-19-4-2-13/h5-6,17-18H,1-4,7-8H2. The van der Waals surface area contributed by atoms with Crippen LogP contribution in [0, 0.1) is 17.5 Å². The van der Waals surface area contributed by atoms with Crippen LogP contribution in [0.5, 0.6) is 0 Å². The predicted molar refractivity (Wildman–Crippen MR) is 63.0 cm³/mol. The van der Waals surface area contributed by atoms with Gasteiger partial charge in [0.1, 0.15) is 0 Å². The van der Waals surface area contributed by atoms with E-state index in [0.29, 0.717) is 38.2 Å². The van der Waals surface area contributed by atoms with Crippen molar-refractivity contribution in [2.75, 3.05) is 19.8 Å². The van der Waals surface area contributed by atoms with Gasteiger partial charge in [0.05, 0.1) is 5.60 Å². The van der Waals surface area contributed by atoms with Crippen molar-refractivity contribution in [2.45, 2.75) is 25.0 Å². The van der Waals surface area contributed by atoms with Crippen molar-refractivity contribution in [3.05, 3.63) is 35.1 Å². The van der Waals surface area contributed by atoms with Crippen molar-refractivity contribution in [1.29, 1.82) is 0 Å². The average molecular weight is 275 g/mol. The van der Waals surface area contributed by atoms with E-state index in [1.807, 2.05) is 0 Å². The third kappa shape index (κ3) is 3.68. The van der Waals surface area contributed by atoms with E-state index in [0.717, 1.165) is 12.1 Å². The van der Waals surface area contributed by atoms with Gasteiger partial charge in [-0.15, -0.1) is 0 Å². The fraction of sp³-hybridized carbons (Fsp3) is 0.538. The van der Waals surface area contributed by atoms with Gasteiger partial charge < -0.3 is 15.2 Å². The summed E-state index contributed by atoms with van der Waals surface area (Å²) in [7, 11) is 0. The number of rotatable bonds is 4. The topological polar surface area (TPSA) is 41.5 Å². The molecule has 0 unspecified atom stereocenters. The zero-order chi connectivity index (χ0) is 13.9. The Bertz CT molecular complexity index is 425. The Morgan fingerprint density at radius 2 is 1.74 bits per heavy atom. The van der Waals surface area contributed by atoms with Crippen LogP contribution in [0.4, 0.5) is 13.2 Å². The lowest BCUT2D eigenvalue weighted by molar-refractivity contribution is -0.0617. The summed E-state index contributed by atoms with van der Waals surface area (Å²) in [5, 5.41) is 13.1. The third-order valence-corrected chi connectivity index (χ3v) is 3.25. The number of hydrogen-bond donors (Lipinski definition) is 2. The molecule has 1 heterocycles. The number of halogens is 3. The van der Waals surface area contributed by atoms with Crippen molar-refractivity contribution in [3.8, 4) is 0 Å². The number of nitrogens with one attached hydrogen (secondary N) is 1. The second kappa shape index (κ2) is 5.90. The first kappa shape index (κ1) is 14.3. The number of hydrogen-bond acceptors (Lipinski definition) is 3. The summed E-state index contributed by atoms with van der Waals surface area (Å²) in [6.45, 7) is 1.46. The maximum atomic E-state index is 13.0. The molecule has 1 fully saturated rings. The van der Waals surface area contributed by atoms with Gasteiger partial charge in [-0.05, 0) is 17.7 Å². The first-order chi connectivity index (χ1) is 9.00. The van der Waals surface area contributed by atoms with Gasteiger partial charge in [0.25, 0.3) is 0 Å². The lowest BCUT2D eigenvalue weighted by Crippen LogP contribution is -2.44.